The number of allylic oxidation sites excluding steroid dienone is 2. The van der Waals surface area contributed by atoms with E-state index in [2.05, 4.69) is 0 Å². The highest BCUT2D eigenvalue weighted by atomic mass is 19.1. The van der Waals surface area contributed by atoms with Crippen molar-refractivity contribution in [3.05, 3.63) is 89.5 Å². The van der Waals surface area contributed by atoms with Crippen LogP contribution < -0.4 is 0 Å². The zero-order chi connectivity index (χ0) is 15.2. The molecule has 0 atom stereocenters. The van der Waals surface area contributed by atoms with Gasteiger partial charge < -0.3 is 5.11 Å². The highest BCUT2D eigenvalue weighted by Gasteiger charge is 2.06. The summed E-state index contributed by atoms with van der Waals surface area (Å²) in [4.78, 5) is 10.5. The van der Waals surface area contributed by atoms with Crippen LogP contribution in [0.1, 0.15) is 11.1 Å². The molecule has 2 aromatic rings. The minimum absolute atomic E-state index is 0.419. The van der Waals surface area contributed by atoms with Gasteiger partial charge in [0.15, 0.2) is 0 Å². The molecule has 0 bridgehead atoms. The summed E-state index contributed by atoms with van der Waals surface area (Å²) in [6, 6.07) is 11.7. The van der Waals surface area contributed by atoms with Gasteiger partial charge in [-0.25, -0.2) is 13.6 Å². The Labute approximate surface area is 120 Å². The molecule has 0 unspecified atom stereocenters. The van der Waals surface area contributed by atoms with Crippen molar-refractivity contribution in [3.63, 3.8) is 0 Å². The third-order valence-corrected chi connectivity index (χ3v) is 2.77. The van der Waals surface area contributed by atoms with Crippen molar-refractivity contribution in [1.29, 1.82) is 0 Å². The summed E-state index contributed by atoms with van der Waals surface area (Å²) in [6.45, 7) is 0. The monoisotopic (exact) mass is 286 g/mol. The Morgan fingerprint density at radius 2 is 1.48 bits per heavy atom. The average molecular weight is 286 g/mol. The third-order valence-electron chi connectivity index (χ3n) is 2.77. The largest absolute Gasteiger partial charge is 0.478 e. The molecule has 0 radical (unpaired) electrons. The number of carboxylic acids is 1. The van der Waals surface area contributed by atoms with E-state index in [0.29, 0.717) is 16.7 Å². The Morgan fingerprint density at radius 1 is 0.952 bits per heavy atom. The molecule has 0 aliphatic carbocycles. The Balaban J connectivity index is 2.51. The lowest BCUT2D eigenvalue weighted by molar-refractivity contribution is -0.131. The van der Waals surface area contributed by atoms with Gasteiger partial charge in [0, 0.05) is 6.08 Å². The molecule has 2 aromatic carbocycles. The van der Waals surface area contributed by atoms with Crippen molar-refractivity contribution in [3.8, 4) is 0 Å². The maximum absolute atomic E-state index is 13.4. The van der Waals surface area contributed by atoms with E-state index in [1.54, 1.807) is 24.3 Å². The zero-order valence-electron chi connectivity index (χ0n) is 11.0. The quantitative estimate of drug-likeness (QED) is 0.680. The maximum atomic E-state index is 13.4. The number of carbonyl (C=O) groups is 1. The van der Waals surface area contributed by atoms with Crippen LogP contribution in [0.3, 0.4) is 0 Å². The van der Waals surface area contributed by atoms with Crippen LogP contribution in [-0.4, -0.2) is 11.1 Å². The Bertz CT molecular complexity index is 671. The first-order valence-corrected chi connectivity index (χ1v) is 6.19. The molecule has 0 aromatic heterocycles. The highest BCUT2D eigenvalue weighted by Crippen LogP contribution is 2.24. The molecule has 2 rings (SSSR count). The van der Waals surface area contributed by atoms with Crippen LogP contribution in [0.2, 0.25) is 0 Å². The van der Waals surface area contributed by atoms with Crippen LogP contribution in [0.5, 0.6) is 0 Å². The number of halogens is 2. The Morgan fingerprint density at radius 3 is 1.90 bits per heavy atom. The van der Waals surface area contributed by atoms with E-state index >= 15 is 0 Å². The van der Waals surface area contributed by atoms with E-state index in [-0.39, 0.29) is 0 Å². The molecule has 21 heavy (non-hydrogen) atoms. The average Bonchev–Trinajstić information content (AvgIpc) is 2.43. The molecular formula is C17H12F2O2. The summed E-state index contributed by atoms with van der Waals surface area (Å²) in [5.41, 5.74) is 1.61. The number of hydrogen-bond acceptors (Lipinski definition) is 1. The molecule has 0 amide bonds. The molecule has 1 N–H and O–H groups in total. The standard InChI is InChI=1S/C17H12F2O2/c18-14-6-1-4-12(10-14)16(8-3-9-17(20)21)13-5-2-7-15(19)11-13/h1-11H,(H,20,21). The molecule has 0 aliphatic rings. The van der Waals surface area contributed by atoms with Gasteiger partial charge in [-0.05, 0) is 41.0 Å². The summed E-state index contributed by atoms with van der Waals surface area (Å²) in [7, 11) is 0. The SMILES string of the molecule is O=C(O)C=CC=C(c1cccc(F)c1)c1cccc(F)c1. The highest BCUT2D eigenvalue weighted by molar-refractivity contribution is 5.84. The number of aliphatic carboxylic acids is 1. The van der Waals surface area contributed by atoms with E-state index in [1.165, 1.54) is 36.4 Å². The van der Waals surface area contributed by atoms with Crippen LogP contribution in [0.4, 0.5) is 8.78 Å². The molecule has 106 valence electrons. The molecule has 4 heteroatoms. The van der Waals surface area contributed by atoms with Crippen LogP contribution in [0, 0.1) is 11.6 Å². The molecular weight excluding hydrogens is 274 g/mol. The summed E-state index contributed by atoms with van der Waals surface area (Å²) in [5.74, 6) is -1.93. The van der Waals surface area contributed by atoms with Crippen LogP contribution in [-0.2, 0) is 4.79 Å². The second kappa shape index (κ2) is 6.61. The van der Waals surface area contributed by atoms with Crippen LogP contribution >= 0.6 is 0 Å². The van der Waals surface area contributed by atoms with Gasteiger partial charge in [-0.2, -0.15) is 0 Å². The smallest absolute Gasteiger partial charge is 0.328 e. The zero-order valence-corrected chi connectivity index (χ0v) is 11.0. The van der Waals surface area contributed by atoms with Gasteiger partial charge in [0.1, 0.15) is 11.6 Å². The van der Waals surface area contributed by atoms with Gasteiger partial charge in [-0.1, -0.05) is 36.4 Å². The first kappa shape index (κ1) is 14.7. The van der Waals surface area contributed by atoms with E-state index in [4.69, 9.17) is 5.11 Å². The third kappa shape index (κ3) is 4.11. The number of hydrogen-bond donors (Lipinski definition) is 1. The van der Waals surface area contributed by atoms with Crippen molar-refractivity contribution in [2.45, 2.75) is 0 Å². The first-order chi connectivity index (χ1) is 10.1. The molecule has 0 saturated carbocycles. The predicted octanol–water partition coefficient (Wildman–Crippen LogP) is 4.04. The van der Waals surface area contributed by atoms with Crippen LogP contribution in [0.25, 0.3) is 5.57 Å². The molecule has 2 nitrogen and oxygen atoms in total. The summed E-state index contributed by atoms with van der Waals surface area (Å²) >= 11 is 0. The fourth-order valence-electron chi connectivity index (χ4n) is 1.90. The van der Waals surface area contributed by atoms with Crippen LogP contribution in [0.15, 0.2) is 66.8 Å². The van der Waals surface area contributed by atoms with Crippen molar-refractivity contribution >= 4 is 11.5 Å². The molecule has 0 fully saturated rings. The minimum Gasteiger partial charge on any atom is -0.478 e. The number of benzene rings is 2. The van der Waals surface area contributed by atoms with Gasteiger partial charge in [-0.3, -0.25) is 0 Å². The summed E-state index contributed by atoms with van der Waals surface area (Å²) in [5, 5.41) is 8.62. The number of carboxylic acid groups (broad SMARTS) is 1. The first-order valence-electron chi connectivity index (χ1n) is 6.19. The van der Waals surface area contributed by atoms with Gasteiger partial charge in [0.2, 0.25) is 0 Å². The van der Waals surface area contributed by atoms with E-state index < -0.39 is 17.6 Å². The minimum atomic E-state index is -1.09. The van der Waals surface area contributed by atoms with Gasteiger partial charge in [-0.15, -0.1) is 0 Å². The maximum Gasteiger partial charge on any atom is 0.328 e. The lowest BCUT2D eigenvalue weighted by atomic mass is 9.97. The predicted molar refractivity (Wildman–Crippen MR) is 76.7 cm³/mol. The van der Waals surface area contributed by atoms with Crippen molar-refractivity contribution < 1.29 is 18.7 Å². The van der Waals surface area contributed by atoms with E-state index in [1.807, 2.05) is 0 Å². The summed E-state index contributed by atoms with van der Waals surface area (Å²) in [6.07, 6.45) is 3.80. The molecule has 0 heterocycles. The van der Waals surface area contributed by atoms with Crippen molar-refractivity contribution in [2.24, 2.45) is 0 Å². The summed E-state index contributed by atoms with van der Waals surface area (Å²) < 4.78 is 26.7. The molecule has 0 saturated heterocycles. The molecule has 0 spiro atoms. The van der Waals surface area contributed by atoms with E-state index in [0.717, 1.165) is 6.08 Å². The lowest BCUT2D eigenvalue weighted by Gasteiger charge is -2.08. The van der Waals surface area contributed by atoms with E-state index in [9.17, 15) is 13.6 Å². The second-order valence-electron chi connectivity index (χ2n) is 4.30. The fourth-order valence-corrected chi connectivity index (χ4v) is 1.90. The Kier molecular flexibility index (Phi) is 4.61. The fraction of sp³-hybridized carbons (Fsp3) is 0. The van der Waals surface area contributed by atoms with Gasteiger partial charge in [0.25, 0.3) is 0 Å². The topological polar surface area (TPSA) is 37.3 Å². The normalized spacial score (nSPS) is 10.6. The second-order valence-corrected chi connectivity index (χ2v) is 4.30. The van der Waals surface area contributed by atoms with Crippen molar-refractivity contribution in [1.82, 2.24) is 0 Å². The lowest BCUT2D eigenvalue weighted by Crippen LogP contribution is -1.91. The van der Waals surface area contributed by atoms with Crippen molar-refractivity contribution in [2.75, 3.05) is 0 Å². The Hall–Kier alpha value is -2.75. The van der Waals surface area contributed by atoms with Gasteiger partial charge in [0.05, 0.1) is 0 Å². The van der Waals surface area contributed by atoms with Gasteiger partial charge >= 0.3 is 5.97 Å². The molecule has 0 aliphatic heterocycles. The number of rotatable bonds is 4.